The van der Waals surface area contributed by atoms with E-state index in [1.807, 2.05) is 413 Å². The zero-order valence-corrected chi connectivity index (χ0v) is 85.5. The number of aromatic nitrogens is 14. The molecule has 0 amide bonds. The van der Waals surface area contributed by atoms with Crippen LogP contribution in [0, 0.1) is 13.8 Å². The molecule has 1 aliphatic carbocycles. The number of thioether (sulfide) groups is 1. The molecular weight excluding hydrogens is 1540 g/mol. The molecule has 14 aromatic rings. The molecule has 0 saturated carbocycles. The molecule has 2 aliphatic heterocycles. The second-order valence-electron chi connectivity index (χ2n) is 20.0. The number of hydrogen-bond donors (Lipinski definition) is 0. The van der Waals surface area contributed by atoms with E-state index in [0.29, 0.717) is 0 Å². The van der Waals surface area contributed by atoms with E-state index in [1.54, 1.807) is 42.9 Å². The molecule has 124 heavy (non-hydrogen) atoms. The van der Waals surface area contributed by atoms with Crippen molar-refractivity contribution in [1.29, 1.82) is 0 Å². The summed E-state index contributed by atoms with van der Waals surface area (Å²) in [6, 6.07) is 63.1. The van der Waals surface area contributed by atoms with E-state index < -0.39 is 0 Å². The number of ether oxygens (including phenoxy) is 1. The molecule has 0 atom stereocenters. The summed E-state index contributed by atoms with van der Waals surface area (Å²) in [4.78, 5) is 48.6. The van der Waals surface area contributed by atoms with Gasteiger partial charge in [0.2, 0.25) is 0 Å². The summed E-state index contributed by atoms with van der Waals surface area (Å²) in [5.74, 6) is 2.38. The van der Waals surface area contributed by atoms with E-state index in [9.17, 15) is 0 Å². The van der Waals surface area contributed by atoms with Gasteiger partial charge in [0.15, 0.2) is 0 Å². The Kier molecular flexibility index (Phi) is 126. The van der Waals surface area contributed by atoms with Crippen molar-refractivity contribution in [1.82, 2.24) is 70.0 Å². The Morgan fingerprint density at radius 2 is 0.653 bits per heavy atom. The maximum Gasteiger partial charge on any atom is 0.138 e. The van der Waals surface area contributed by atoms with Gasteiger partial charge < -0.3 is 4.74 Å². The highest BCUT2D eigenvalue weighted by atomic mass is 32.2. The summed E-state index contributed by atoms with van der Waals surface area (Å²) < 4.78 is 5.42. The van der Waals surface area contributed by atoms with Gasteiger partial charge in [-0.15, -0.1) is 16.9 Å². The standard InChI is InChI=1S/C9H11N.2C9H7N.C9H10O.C9H10S.2C8H6N2.C6H7N.C4H5N3.C3H3N3.17C2H6/c2*1-2-6-9-8(4-1)5-3-7-10-9;1-2-4-9-7-10-6-5-8(9)3-1;2*1-2-6-9-8(4-1)5-3-7-10-9;1-2-4-8-7(3-1)5-9-6-10-8;1-2-4-8-7(3-1)9-5-6-10-8;1-6-2-4-7-5-3-6;1-4-2-6-7-3-5-4;1-4-2-6-3-5-1;17*1-2/h3,5,7H,1-2,4,6H2;2*1-7H;2*1-2,4,6H,3,5,7H2;2*1-6H;2-5H,1H3;2-3H,1H3;1-3H;17*1-2H3. The lowest BCUT2D eigenvalue weighted by Gasteiger charge is -2.15. The summed E-state index contributed by atoms with van der Waals surface area (Å²) in [6.45, 7) is 72.8. The minimum absolute atomic E-state index is 0.886. The van der Waals surface area contributed by atoms with E-state index in [-0.39, 0.29) is 0 Å². The zero-order chi connectivity index (χ0) is 96.1. The number of rotatable bonds is 0. The Hall–Kier alpha value is -10.7. The van der Waals surface area contributed by atoms with Crippen molar-refractivity contribution < 1.29 is 4.74 Å². The second-order valence-corrected chi connectivity index (χ2v) is 21.2. The van der Waals surface area contributed by atoms with E-state index >= 15 is 0 Å². The molecule has 10 heterocycles. The first-order chi connectivity index (χ1) is 61.6. The van der Waals surface area contributed by atoms with Gasteiger partial charge in [0.1, 0.15) is 37.4 Å². The average Bonchev–Trinajstić information content (AvgIpc) is 0.916. The summed E-state index contributed by atoms with van der Waals surface area (Å²) in [5, 5.41) is 11.8. The summed E-state index contributed by atoms with van der Waals surface area (Å²) in [5.41, 5.74) is 11.8. The smallest absolute Gasteiger partial charge is 0.138 e. The molecule has 0 fully saturated rings. The van der Waals surface area contributed by atoms with Crippen LogP contribution in [-0.2, 0) is 25.7 Å². The lowest BCUT2D eigenvalue weighted by molar-refractivity contribution is 0.288. The minimum atomic E-state index is 0.886. The van der Waals surface area contributed by atoms with E-state index in [1.165, 1.54) is 119 Å². The van der Waals surface area contributed by atoms with E-state index in [2.05, 4.69) is 137 Å². The van der Waals surface area contributed by atoms with Crippen molar-refractivity contribution >= 4 is 55.4 Å². The van der Waals surface area contributed by atoms with Crippen LogP contribution >= 0.6 is 11.8 Å². The molecular formula is C108H174N14OS. The van der Waals surface area contributed by atoms with Crippen LogP contribution in [0.1, 0.15) is 295 Å². The van der Waals surface area contributed by atoms with Gasteiger partial charge in [0.05, 0.1) is 40.6 Å². The summed E-state index contributed by atoms with van der Waals surface area (Å²) in [6.07, 6.45) is 35.1. The molecule has 3 aliphatic rings. The molecule has 0 bridgehead atoms. The number of aryl methyl sites for hydroxylation is 6. The van der Waals surface area contributed by atoms with Crippen molar-refractivity contribution in [2.75, 3.05) is 12.4 Å². The molecule has 16 heteroatoms. The highest BCUT2D eigenvalue weighted by Crippen LogP contribution is 2.29. The first-order valence-corrected chi connectivity index (χ1v) is 47.8. The van der Waals surface area contributed by atoms with Crippen molar-refractivity contribution in [3.8, 4) is 5.75 Å². The topological polar surface area (TPSA) is 190 Å². The van der Waals surface area contributed by atoms with Gasteiger partial charge in [-0.05, 0) is 171 Å². The fourth-order valence-electron chi connectivity index (χ4n) is 8.93. The second kappa shape index (κ2) is 116. The van der Waals surface area contributed by atoms with Crippen LogP contribution < -0.4 is 4.74 Å². The van der Waals surface area contributed by atoms with Gasteiger partial charge >= 0.3 is 0 Å². The van der Waals surface area contributed by atoms with Gasteiger partial charge in [-0.2, -0.15) is 5.10 Å². The summed E-state index contributed by atoms with van der Waals surface area (Å²) in [7, 11) is 0. The molecule has 15 nitrogen and oxygen atoms in total. The Labute approximate surface area is 764 Å². The number of benzene rings is 6. The molecule has 0 spiro atoms. The Morgan fingerprint density at radius 3 is 1.11 bits per heavy atom. The van der Waals surface area contributed by atoms with Crippen LogP contribution in [0.4, 0.5) is 0 Å². The van der Waals surface area contributed by atoms with Crippen molar-refractivity contribution in [2.24, 2.45) is 0 Å². The van der Waals surface area contributed by atoms with Crippen molar-refractivity contribution in [3.63, 3.8) is 0 Å². The van der Waals surface area contributed by atoms with Crippen LogP contribution in [0.25, 0.3) is 43.6 Å². The normalized spacial score (nSPS) is 9.32. The number of pyridine rings is 4. The van der Waals surface area contributed by atoms with Gasteiger partial charge in [-0.3, -0.25) is 29.9 Å². The van der Waals surface area contributed by atoms with Crippen LogP contribution in [-0.4, -0.2) is 82.4 Å². The molecule has 688 valence electrons. The van der Waals surface area contributed by atoms with Crippen LogP contribution in [0.2, 0.25) is 0 Å². The Morgan fingerprint density at radius 1 is 0.250 bits per heavy atom. The van der Waals surface area contributed by atoms with Gasteiger partial charge in [0.25, 0.3) is 0 Å². The molecule has 6 aromatic carbocycles. The monoisotopic (exact) mass is 1720 g/mol. The Bertz CT molecular complexity index is 3430. The number of hydrogen-bond acceptors (Lipinski definition) is 16. The lowest BCUT2D eigenvalue weighted by Crippen LogP contribution is -2.07. The third kappa shape index (κ3) is 71.8. The molecule has 0 N–H and O–H groups in total. The quantitative estimate of drug-likeness (QED) is 0.139. The largest absolute Gasteiger partial charge is 0.493 e. The number of fused-ring (bicyclic) bond motifs is 7. The predicted octanol–water partition coefficient (Wildman–Crippen LogP) is 33.3. The molecule has 8 aromatic heterocycles. The highest BCUT2D eigenvalue weighted by molar-refractivity contribution is 7.99. The highest BCUT2D eigenvalue weighted by Gasteiger charge is 2.09. The maximum atomic E-state index is 5.42. The third-order valence-corrected chi connectivity index (χ3v) is 14.7. The molecule has 0 saturated heterocycles. The molecule has 0 unspecified atom stereocenters. The predicted molar refractivity (Wildman–Crippen MR) is 555 cm³/mol. The SMILES string of the molecule is CC.CC.CC.CC.CC.CC.CC.CC.CC.CC.CC.CC.CC.CC.CC.CC.CC.Cc1ccncc1.Cc1cnncn1.c1ccc2c(c1)CCCO2.c1ccc2c(c1)CCCS2.c1ccc2cnccc2c1.c1ccc2ncccc2c1.c1ccc2nccnc2c1.c1ccc2ncncc2c1.c1cnc2c(c1)CCCC2.c1ncncn1. The van der Waals surface area contributed by atoms with Gasteiger partial charge in [-0.1, -0.05) is 357 Å². The molecule has 0 radical (unpaired) electrons. The van der Waals surface area contributed by atoms with Crippen LogP contribution in [0.15, 0.2) is 287 Å². The van der Waals surface area contributed by atoms with Crippen molar-refractivity contribution in [3.05, 3.63) is 315 Å². The fraction of sp³-hybridized carbons (Fsp3) is 0.426. The van der Waals surface area contributed by atoms with Crippen molar-refractivity contribution in [2.45, 2.75) is 306 Å². The minimum Gasteiger partial charge on any atom is -0.493 e. The number of para-hydroxylation sites is 5. The Balaban J connectivity index is -0.000000140. The fourth-order valence-corrected chi connectivity index (χ4v) is 9.97. The molecule has 17 rings (SSSR count). The van der Waals surface area contributed by atoms with Crippen LogP contribution in [0.5, 0.6) is 5.75 Å². The van der Waals surface area contributed by atoms with Gasteiger partial charge in [-0.25, -0.2) is 29.9 Å². The maximum absolute atomic E-state index is 5.42. The van der Waals surface area contributed by atoms with E-state index in [4.69, 9.17) is 4.74 Å². The first-order valence-electron chi connectivity index (χ1n) is 46.8. The first kappa shape index (κ1) is 134. The third-order valence-electron chi connectivity index (χ3n) is 13.5. The van der Waals surface area contributed by atoms with Crippen LogP contribution in [0.3, 0.4) is 0 Å². The zero-order valence-electron chi connectivity index (χ0n) is 84.7. The van der Waals surface area contributed by atoms with Gasteiger partial charge in [0, 0.05) is 77.1 Å². The summed E-state index contributed by atoms with van der Waals surface area (Å²) >= 11 is 1.99. The average molecular weight is 1720 g/mol. The lowest BCUT2D eigenvalue weighted by atomic mass is 9.96. The van der Waals surface area contributed by atoms with E-state index in [0.717, 1.165) is 51.9 Å². The number of nitrogens with zero attached hydrogens (tertiary/aromatic N) is 14.